The van der Waals surface area contributed by atoms with Crippen molar-refractivity contribution in [2.24, 2.45) is 0 Å². The number of hydrogen-bond acceptors (Lipinski definition) is 0. The summed E-state index contributed by atoms with van der Waals surface area (Å²) >= 11 is 0. The van der Waals surface area contributed by atoms with E-state index in [4.69, 9.17) is 0 Å². The quantitative estimate of drug-likeness (QED) is 0.281. The van der Waals surface area contributed by atoms with Crippen LogP contribution in [0.4, 0.5) is 8.78 Å². The van der Waals surface area contributed by atoms with Crippen LogP contribution in [0.25, 0.3) is 0 Å². The molecule has 0 unspecified atom stereocenters. The standard InChI is InChI=1S/C30H28F2/c1-3-4-5-6-7-8-27-21-22-28(30(32)29(27)31)20-19-26-17-15-25(16-18-26)14-13-24-11-9-23(2)10-12-24/h9-12,15-18,21-22H,3-8H2,1-2H3. The summed E-state index contributed by atoms with van der Waals surface area (Å²) in [6, 6.07) is 18.7. The van der Waals surface area contributed by atoms with Gasteiger partial charge in [-0.25, -0.2) is 8.78 Å². The maximum absolute atomic E-state index is 14.4. The van der Waals surface area contributed by atoms with E-state index in [1.54, 1.807) is 12.1 Å². The molecule has 0 aliphatic carbocycles. The van der Waals surface area contributed by atoms with Gasteiger partial charge in [-0.3, -0.25) is 0 Å². The van der Waals surface area contributed by atoms with E-state index in [0.717, 1.165) is 36.0 Å². The zero-order valence-electron chi connectivity index (χ0n) is 18.8. The van der Waals surface area contributed by atoms with Crippen LogP contribution in [0.3, 0.4) is 0 Å². The Balaban J connectivity index is 1.64. The predicted molar refractivity (Wildman–Crippen MR) is 128 cm³/mol. The topological polar surface area (TPSA) is 0 Å². The van der Waals surface area contributed by atoms with Crippen molar-refractivity contribution in [2.45, 2.75) is 52.4 Å². The third-order valence-electron chi connectivity index (χ3n) is 5.34. The molecule has 32 heavy (non-hydrogen) atoms. The van der Waals surface area contributed by atoms with Gasteiger partial charge in [0, 0.05) is 16.7 Å². The van der Waals surface area contributed by atoms with Gasteiger partial charge >= 0.3 is 0 Å². The molecule has 2 heteroatoms. The summed E-state index contributed by atoms with van der Waals surface area (Å²) in [7, 11) is 0. The Morgan fingerprint density at radius 2 is 1.12 bits per heavy atom. The van der Waals surface area contributed by atoms with Gasteiger partial charge in [-0.1, -0.05) is 80.1 Å². The van der Waals surface area contributed by atoms with E-state index in [9.17, 15) is 8.78 Å². The first-order chi connectivity index (χ1) is 15.6. The normalized spacial score (nSPS) is 10.1. The molecule has 0 spiro atoms. The van der Waals surface area contributed by atoms with Gasteiger partial charge in [0.1, 0.15) is 0 Å². The van der Waals surface area contributed by atoms with Crippen molar-refractivity contribution >= 4 is 0 Å². The van der Waals surface area contributed by atoms with Gasteiger partial charge in [0.15, 0.2) is 11.6 Å². The molecule has 0 atom stereocenters. The van der Waals surface area contributed by atoms with Gasteiger partial charge in [0.05, 0.1) is 5.56 Å². The minimum Gasteiger partial charge on any atom is -0.203 e. The molecule has 0 radical (unpaired) electrons. The van der Waals surface area contributed by atoms with E-state index in [0.29, 0.717) is 12.0 Å². The third kappa shape index (κ3) is 6.83. The summed E-state index contributed by atoms with van der Waals surface area (Å²) < 4.78 is 28.9. The number of benzene rings is 3. The van der Waals surface area contributed by atoms with Gasteiger partial charge in [-0.15, -0.1) is 0 Å². The highest BCUT2D eigenvalue weighted by atomic mass is 19.2. The number of rotatable bonds is 6. The van der Waals surface area contributed by atoms with Crippen molar-refractivity contribution in [1.82, 2.24) is 0 Å². The minimum atomic E-state index is -0.857. The van der Waals surface area contributed by atoms with Crippen LogP contribution in [0.5, 0.6) is 0 Å². The molecule has 0 aliphatic rings. The maximum atomic E-state index is 14.4. The molecular weight excluding hydrogens is 398 g/mol. The summed E-state index contributed by atoms with van der Waals surface area (Å²) in [6.45, 7) is 4.20. The van der Waals surface area contributed by atoms with E-state index in [-0.39, 0.29) is 5.56 Å². The first-order valence-corrected chi connectivity index (χ1v) is 11.2. The predicted octanol–water partition coefficient (Wildman–Crippen LogP) is 7.59. The second-order valence-corrected chi connectivity index (χ2v) is 8.01. The van der Waals surface area contributed by atoms with Crippen molar-refractivity contribution in [3.05, 3.63) is 106 Å². The van der Waals surface area contributed by atoms with Crippen LogP contribution < -0.4 is 0 Å². The summed E-state index contributed by atoms with van der Waals surface area (Å²) in [5.41, 5.74) is 4.28. The van der Waals surface area contributed by atoms with Crippen molar-refractivity contribution in [2.75, 3.05) is 0 Å². The largest absolute Gasteiger partial charge is 0.203 e. The van der Waals surface area contributed by atoms with Crippen LogP contribution in [0.15, 0.2) is 60.7 Å². The minimum absolute atomic E-state index is 0.0838. The van der Waals surface area contributed by atoms with Crippen molar-refractivity contribution < 1.29 is 8.78 Å². The van der Waals surface area contributed by atoms with Gasteiger partial charge < -0.3 is 0 Å². The highest BCUT2D eigenvalue weighted by Crippen LogP contribution is 2.18. The molecule has 0 saturated carbocycles. The number of hydrogen-bond donors (Lipinski definition) is 0. The van der Waals surface area contributed by atoms with E-state index >= 15 is 0 Å². The molecule has 0 amide bonds. The Bertz CT molecular complexity index is 1150. The summed E-state index contributed by atoms with van der Waals surface area (Å²) in [5.74, 6) is 10.3. The van der Waals surface area contributed by atoms with E-state index < -0.39 is 11.6 Å². The first kappa shape index (κ1) is 23.3. The third-order valence-corrected chi connectivity index (χ3v) is 5.34. The molecule has 0 nitrogen and oxygen atoms in total. The zero-order valence-corrected chi connectivity index (χ0v) is 18.8. The Labute approximate surface area is 190 Å². The lowest BCUT2D eigenvalue weighted by Gasteiger charge is -2.05. The van der Waals surface area contributed by atoms with Crippen LogP contribution in [0.2, 0.25) is 0 Å². The second-order valence-electron chi connectivity index (χ2n) is 8.01. The lowest BCUT2D eigenvalue weighted by molar-refractivity contribution is 0.493. The van der Waals surface area contributed by atoms with Crippen molar-refractivity contribution in [1.29, 1.82) is 0 Å². The molecule has 0 bridgehead atoms. The highest BCUT2D eigenvalue weighted by Gasteiger charge is 2.11. The van der Waals surface area contributed by atoms with E-state index in [2.05, 4.69) is 30.6 Å². The van der Waals surface area contributed by atoms with Crippen LogP contribution in [-0.4, -0.2) is 0 Å². The number of unbranched alkanes of at least 4 members (excludes halogenated alkanes) is 4. The smallest absolute Gasteiger partial charge is 0.174 e. The molecule has 0 aliphatic heterocycles. The molecule has 3 aromatic rings. The average molecular weight is 427 g/mol. The van der Waals surface area contributed by atoms with Gasteiger partial charge in [0.2, 0.25) is 0 Å². The number of halogens is 2. The summed E-state index contributed by atoms with van der Waals surface area (Å²) in [6.07, 6.45) is 5.97. The second kappa shape index (κ2) is 11.9. The molecule has 0 N–H and O–H groups in total. The molecule has 0 fully saturated rings. The molecule has 3 aromatic carbocycles. The van der Waals surface area contributed by atoms with Gasteiger partial charge in [-0.05, 0) is 67.8 Å². The Hall–Kier alpha value is -3.36. The monoisotopic (exact) mass is 426 g/mol. The lowest BCUT2D eigenvalue weighted by Crippen LogP contribution is -1.98. The fourth-order valence-electron chi connectivity index (χ4n) is 3.36. The fourth-order valence-corrected chi connectivity index (χ4v) is 3.36. The van der Waals surface area contributed by atoms with Crippen molar-refractivity contribution in [3.8, 4) is 23.7 Å². The SMILES string of the molecule is CCCCCCCc1ccc(C#Cc2ccc(C#Cc3ccc(C)cc3)cc2)c(F)c1F. The maximum Gasteiger partial charge on any atom is 0.174 e. The molecule has 162 valence electrons. The van der Waals surface area contributed by atoms with E-state index in [1.807, 2.05) is 55.5 Å². The van der Waals surface area contributed by atoms with Crippen LogP contribution in [0.1, 0.15) is 72.4 Å². The summed E-state index contributed by atoms with van der Waals surface area (Å²) in [5, 5.41) is 0. The Morgan fingerprint density at radius 1 is 0.594 bits per heavy atom. The van der Waals surface area contributed by atoms with Crippen LogP contribution in [-0.2, 0) is 6.42 Å². The molecular formula is C30H28F2. The molecule has 0 heterocycles. The average Bonchev–Trinajstić information content (AvgIpc) is 2.81. The number of aryl methyl sites for hydroxylation is 2. The summed E-state index contributed by atoms with van der Waals surface area (Å²) in [4.78, 5) is 0. The molecule has 0 aromatic heterocycles. The Kier molecular flexibility index (Phi) is 8.65. The highest BCUT2D eigenvalue weighted by molar-refractivity contribution is 5.48. The molecule has 3 rings (SSSR count). The zero-order chi connectivity index (χ0) is 22.8. The fraction of sp³-hybridized carbons (Fsp3) is 0.267. The van der Waals surface area contributed by atoms with Gasteiger partial charge in [-0.2, -0.15) is 0 Å². The van der Waals surface area contributed by atoms with E-state index in [1.165, 1.54) is 18.4 Å². The van der Waals surface area contributed by atoms with Gasteiger partial charge in [0.25, 0.3) is 0 Å². The molecule has 0 saturated heterocycles. The van der Waals surface area contributed by atoms with Crippen LogP contribution >= 0.6 is 0 Å². The first-order valence-electron chi connectivity index (χ1n) is 11.2. The lowest BCUT2D eigenvalue weighted by atomic mass is 10.0. The van der Waals surface area contributed by atoms with Crippen LogP contribution in [0, 0.1) is 42.2 Å². The Morgan fingerprint density at radius 3 is 1.72 bits per heavy atom. The van der Waals surface area contributed by atoms with Crippen molar-refractivity contribution in [3.63, 3.8) is 0 Å².